The van der Waals surface area contributed by atoms with Gasteiger partial charge >= 0.3 is 11.9 Å². The van der Waals surface area contributed by atoms with E-state index in [4.69, 9.17) is 21.7 Å². The van der Waals surface area contributed by atoms with Gasteiger partial charge in [0.2, 0.25) is 0 Å². The summed E-state index contributed by atoms with van der Waals surface area (Å²) in [5.41, 5.74) is 1.39. The summed E-state index contributed by atoms with van der Waals surface area (Å²) in [5, 5.41) is 31.7. The number of fused-ring (bicyclic) bond motifs is 1. The Morgan fingerprint density at radius 1 is 1.34 bits per heavy atom. The number of nitriles is 1. The largest absolute Gasteiger partial charge is 0.480 e. The molecule has 1 aliphatic rings. The lowest BCUT2D eigenvalue weighted by atomic mass is 10.1. The third-order valence-electron chi connectivity index (χ3n) is 5.62. The van der Waals surface area contributed by atoms with Crippen LogP contribution >= 0.6 is 11.6 Å². The van der Waals surface area contributed by atoms with Crippen molar-refractivity contribution in [1.82, 2.24) is 10.0 Å². The highest BCUT2D eigenvalue weighted by atomic mass is 35.5. The maximum Gasteiger partial charge on any atom is 0.361 e. The van der Waals surface area contributed by atoms with Gasteiger partial charge in [-0.3, -0.25) is 4.79 Å². The Morgan fingerprint density at radius 3 is 2.83 bits per heavy atom. The number of aryl methyl sites for hydroxylation is 2. The molecule has 0 bridgehead atoms. The molecule has 0 saturated heterocycles. The fraction of sp³-hybridized carbons (Fsp3) is 0.417. The average Bonchev–Trinajstić information content (AvgIpc) is 2.83. The maximum atomic E-state index is 14.4. The number of carboxylic acid groups (broad SMARTS) is 1. The van der Waals surface area contributed by atoms with E-state index in [0.29, 0.717) is 19.3 Å². The van der Waals surface area contributed by atoms with Gasteiger partial charge in [0.15, 0.2) is 0 Å². The molecule has 9 nitrogen and oxygen atoms in total. The second kappa shape index (κ2) is 12.4. The van der Waals surface area contributed by atoms with E-state index in [1.165, 1.54) is 5.56 Å². The first-order valence-electron chi connectivity index (χ1n) is 11.3. The van der Waals surface area contributed by atoms with Crippen LogP contribution in [0.3, 0.4) is 0 Å². The van der Waals surface area contributed by atoms with Crippen molar-refractivity contribution < 1.29 is 29.0 Å². The lowest BCUT2D eigenvalue weighted by molar-refractivity contribution is -0.174. The second-order valence-electron chi connectivity index (χ2n) is 8.11. The van der Waals surface area contributed by atoms with Crippen molar-refractivity contribution in [2.24, 2.45) is 0 Å². The lowest BCUT2D eigenvalue weighted by Gasteiger charge is -2.27. The Morgan fingerprint density at radius 2 is 2.14 bits per heavy atom. The van der Waals surface area contributed by atoms with Gasteiger partial charge in [-0.1, -0.05) is 17.7 Å². The van der Waals surface area contributed by atoms with Crippen molar-refractivity contribution in [2.75, 3.05) is 25.0 Å². The molecule has 11 heteroatoms. The van der Waals surface area contributed by atoms with Gasteiger partial charge in [-0.15, -0.1) is 5.06 Å². The molecular weight excluding hydrogens is 479 g/mol. The first-order valence-corrected chi connectivity index (χ1v) is 11.7. The predicted molar refractivity (Wildman–Crippen MR) is 125 cm³/mol. The Bertz CT molecular complexity index is 1100. The van der Waals surface area contributed by atoms with Crippen molar-refractivity contribution in [3.8, 4) is 6.07 Å². The maximum absolute atomic E-state index is 14.4. The number of aliphatic carboxylic acids is 1. The van der Waals surface area contributed by atoms with Gasteiger partial charge in [0.05, 0.1) is 16.7 Å². The van der Waals surface area contributed by atoms with Crippen LogP contribution in [0.4, 0.5) is 10.2 Å². The number of hydrogen-bond acceptors (Lipinski definition) is 8. The van der Waals surface area contributed by atoms with Crippen molar-refractivity contribution in [2.45, 2.75) is 44.6 Å². The first-order chi connectivity index (χ1) is 16.8. The Kier molecular flexibility index (Phi) is 9.37. The van der Waals surface area contributed by atoms with Crippen LogP contribution in [0, 0.1) is 17.1 Å². The monoisotopic (exact) mass is 504 g/mol. The number of nitrogens with one attached hydrogen (secondary N) is 1. The smallest absolute Gasteiger partial charge is 0.361 e. The summed E-state index contributed by atoms with van der Waals surface area (Å²) in [5.74, 6) is -2.66. The summed E-state index contributed by atoms with van der Waals surface area (Å²) in [6.45, 7) is 0.458. The normalized spacial score (nSPS) is 13.5. The van der Waals surface area contributed by atoms with E-state index in [-0.39, 0.29) is 23.6 Å². The molecule has 0 radical (unpaired) electrons. The third-order valence-corrected chi connectivity index (χ3v) is 5.92. The molecule has 0 spiro atoms. The Balaban J connectivity index is 1.67. The van der Waals surface area contributed by atoms with Crippen molar-refractivity contribution in [3.63, 3.8) is 0 Å². The number of anilines is 1. The third kappa shape index (κ3) is 6.88. The molecule has 3 N–H and O–H groups in total. The first kappa shape index (κ1) is 26.3. The SMILES string of the molecule is N#Cc1cc(F)c(C(=O)ON(CCCCc2ccc3c(n2)NCCC3)[C@@H](CCO)C(=O)O)c(Cl)c1. The molecule has 0 saturated carbocycles. The van der Waals surface area contributed by atoms with Crippen molar-refractivity contribution >= 4 is 29.4 Å². The molecule has 0 unspecified atom stereocenters. The molecule has 0 amide bonds. The van der Waals surface area contributed by atoms with E-state index in [9.17, 15) is 24.2 Å². The number of carbonyl (C=O) groups is 2. The minimum Gasteiger partial charge on any atom is -0.480 e. The molecule has 1 atom stereocenters. The topological polar surface area (TPSA) is 136 Å². The fourth-order valence-corrected chi connectivity index (χ4v) is 4.13. The highest BCUT2D eigenvalue weighted by molar-refractivity contribution is 6.33. The molecule has 1 aliphatic heterocycles. The predicted octanol–water partition coefficient (Wildman–Crippen LogP) is 3.34. The number of halogens is 2. The molecule has 35 heavy (non-hydrogen) atoms. The van der Waals surface area contributed by atoms with E-state index in [2.05, 4.69) is 16.4 Å². The van der Waals surface area contributed by atoms with Gasteiger partial charge in [-0.05, 0) is 62.3 Å². The minimum atomic E-state index is -1.34. The Labute approximate surface area is 207 Å². The zero-order chi connectivity index (χ0) is 25.4. The summed E-state index contributed by atoms with van der Waals surface area (Å²) in [6.07, 6.45) is 3.55. The molecule has 2 heterocycles. The molecule has 2 aromatic rings. The van der Waals surface area contributed by atoms with Crippen molar-refractivity contribution in [3.05, 3.63) is 57.5 Å². The summed E-state index contributed by atoms with van der Waals surface area (Å²) in [4.78, 5) is 34.3. The van der Waals surface area contributed by atoms with Gasteiger partial charge < -0.3 is 20.4 Å². The molecular formula is C24H26ClFN4O5. The lowest BCUT2D eigenvalue weighted by Crippen LogP contribution is -2.43. The number of carboxylic acids is 1. The molecule has 0 fully saturated rings. The van der Waals surface area contributed by atoms with E-state index >= 15 is 0 Å². The van der Waals surface area contributed by atoms with E-state index in [1.807, 2.05) is 6.07 Å². The minimum absolute atomic E-state index is 0.0292. The number of benzene rings is 1. The summed E-state index contributed by atoms with van der Waals surface area (Å²) < 4.78 is 14.4. The van der Waals surface area contributed by atoms with Crippen LogP contribution in [0.25, 0.3) is 0 Å². The Hall–Kier alpha value is -3.26. The van der Waals surface area contributed by atoms with Crippen molar-refractivity contribution in [1.29, 1.82) is 5.26 Å². The van der Waals surface area contributed by atoms with Gasteiger partial charge in [0.25, 0.3) is 0 Å². The number of unbranched alkanes of at least 4 members (excludes halogenated alkanes) is 1. The molecule has 0 aliphatic carbocycles. The second-order valence-corrected chi connectivity index (χ2v) is 8.52. The number of hydrogen-bond donors (Lipinski definition) is 3. The van der Waals surface area contributed by atoms with E-state index < -0.39 is 36.0 Å². The van der Waals surface area contributed by atoms with Crippen LogP contribution in [0.15, 0.2) is 24.3 Å². The van der Waals surface area contributed by atoms with Crippen LogP contribution in [0.5, 0.6) is 0 Å². The van der Waals surface area contributed by atoms with Crippen LogP contribution in [0.1, 0.15) is 52.9 Å². The number of pyridine rings is 1. The van der Waals surface area contributed by atoms with Crippen LogP contribution in [-0.4, -0.2) is 57.9 Å². The standard InChI is InChI=1S/C24H26ClFN4O5/c25-18-12-15(14-27)13-19(26)21(18)24(34)35-30(20(8-11-31)23(32)33)10-2-1-5-17-7-6-16-4-3-9-28-22(16)29-17/h6-7,12-13,20,31H,1-5,8-11H2,(H,28,29)(H,32,33)/t20-/m0/s1. The number of nitrogens with zero attached hydrogens (tertiary/aromatic N) is 3. The van der Waals surface area contributed by atoms with Gasteiger partial charge in [0.1, 0.15) is 23.2 Å². The zero-order valence-corrected chi connectivity index (χ0v) is 19.7. The number of aliphatic hydroxyl groups is 1. The summed E-state index contributed by atoms with van der Waals surface area (Å²) in [6, 6.07) is 6.37. The average molecular weight is 505 g/mol. The molecule has 1 aromatic carbocycles. The number of aromatic nitrogens is 1. The number of aliphatic hydroxyl groups excluding tert-OH is 1. The van der Waals surface area contributed by atoms with Crippen LogP contribution < -0.4 is 5.32 Å². The summed E-state index contributed by atoms with van der Waals surface area (Å²) >= 11 is 5.96. The van der Waals surface area contributed by atoms with Crippen LogP contribution in [0.2, 0.25) is 5.02 Å². The van der Waals surface area contributed by atoms with Crippen LogP contribution in [-0.2, 0) is 22.5 Å². The van der Waals surface area contributed by atoms with E-state index in [0.717, 1.165) is 48.1 Å². The van der Waals surface area contributed by atoms with Gasteiger partial charge in [-0.25, -0.2) is 14.2 Å². The quantitative estimate of drug-likeness (QED) is 0.311. The number of rotatable bonds is 11. The zero-order valence-electron chi connectivity index (χ0n) is 19.0. The molecule has 3 rings (SSSR count). The highest BCUT2D eigenvalue weighted by Gasteiger charge is 2.30. The summed E-state index contributed by atoms with van der Waals surface area (Å²) in [7, 11) is 0. The van der Waals surface area contributed by atoms with E-state index in [1.54, 1.807) is 6.07 Å². The number of hydroxylamine groups is 2. The molecule has 1 aromatic heterocycles. The highest BCUT2D eigenvalue weighted by Crippen LogP contribution is 2.24. The van der Waals surface area contributed by atoms with Gasteiger partial charge in [0, 0.05) is 25.4 Å². The number of carbonyl (C=O) groups excluding carboxylic acids is 1. The molecule has 186 valence electrons. The van der Waals surface area contributed by atoms with Gasteiger partial charge in [-0.2, -0.15) is 5.26 Å². The fourth-order valence-electron chi connectivity index (χ4n) is 3.84.